The summed E-state index contributed by atoms with van der Waals surface area (Å²) in [6.45, 7) is 2.95. The first-order chi connectivity index (χ1) is 11.3. The molecule has 0 aliphatic carbocycles. The molecule has 0 aromatic carbocycles. The average Bonchev–Trinajstić information content (AvgIpc) is 2.96. The van der Waals surface area contributed by atoms with Crippen molar-refractivity contribution in [2.45, 2.75) is 12.8 Å². The molecule has 1 saturated heterocycles. The lowest BCUT2D eigenvalue weighted by Crippen LogP contribution is -2.36. The van der Waals surface area contributed by atoms with Crippen LogP contribution >= 0.6 is 11.3 Å². The Morgan fingerprint density at radius 1 is 1.30 bits per heavy atom. The van der Waals surface area contributed by atoms with Gasteiger partial charge in [-0.15, -0.1) is 0 Å². The monoisotopic (exact) mass is 326 g/mol. The number of pyridine rings is 1. The van der Waals surface area contributed by atoms with Crippen LogP contribution in [0.3, 0.4) is 0 Å². The number of hydrogen-bond donors (Lipinski definition) is 0. The lowest BCUT2D eigenvalue weighted by molar-refractivity contribution is -0.130. The summed E-state index contributed by atoms with van der Waals surface area (Å²) in [7, 11) is 0. The molecule has 2 aromatic heterocycles. The molecule has 0 N–H and O–H groups in total. The zero-order valence-corrected chi connectivity index (χ0v) is 13.6. The molecule has 0 bridgehead atoms. The van der Waals surface area contributed by atoms with Crippen LogP contribution in [0.15, 0.2) is 35.2 Å². The van der Waals surface area contributed by atoms with Crippen LogP contribution in [0, 0.1) is 11.3 Å². The Morgan fingerprint density at radius 2 is 2.22 bits per heavy atom. The first kappa shape index (κ1) is 15.5. The second kappa shape index (κ2) is 7.25. The normalized spacial score (nSPS) is 15.1. The standard InChI is InChI=1S/C17H18N4OS/c18-12-15-3-1-5-19-17(15)21-7-2-6-20(8-9-21)16(22)11-14-4-10-23-13-14/h1,3-5,10,13H,2,6-9,11H2. The average molecular weight is 326 g/mol. The van der Waals surface area contributed by atoms with Crippen LogP contribution in [-0.2, 0) is 11.2 Å². The van der Waals surface area contributed by atoms with Gasteiger partial charge in [0.2, 0.25) is 5.91 Å². The lowest BCUT2D eigenvalue weighted by Gasteiger charge is -2.23. The van der Waals surface area contributed by atoms with Gasteiger partial charge in [0, 0.05) is 32.4 Å². The van der Waals surface area contributed by atoms with Crippen molar-refractivity contribution >= 4 is 23.1 Å². The number of carbonyl (C=O) groups excluding carboxylic acids is 1. The van der Waals surface area contributed by atoms with E-state index < -0.39 is 0 Å². The van der Waals surface area contributed by atoms with Gasteiger partial charge in [0.1, 0.15) is 11.9 Å². The van der Waals surface area contributed by atoms with Gasteiger partial charge < -0.3 is 9.80 Å². The van der Waals surface area contributed by atoms with E-state index in [2.05, 4.69) is 16.0 Å². The van der Waals surface area contributed by atoms with E-state index >= 15 is 0 Å². The quantitative estimate of drug-likeness (QED) is 0.868. The molecule has 118 valence electrons. The summed E-state index contributed by atoms with van der Waals surface area (Å²) in [5.74, 6) is 0.897. The van der Waals surface area contributed by atoms with Gasteiger partial charge in [-0.1, -0.05) is 0 Å². The van der Waals surface area contributed by atoms with Gasteiger partial charge in [0.15, 0.2) is 0 Å². The fraction of sp³-hybridized carbons (Fsp3) is 0.353. The van der Waals surface area contributed by atoms with Crippen molar-refractivity contribution < 1.29 is 4.79 Å². The molecule has 23 heavy (non-hydrogen) atoms. The Kier molecular flexibility index (Phi) is 4.89. The molecule has 5 nitrogen and oxygen atoms in total. The summed E-state index contributed by atoms with van der Waals surface area (Å²) < 4.78 is 0. The minimum Gasteiger partial charge on any atom is -0.354 e. The highest BCUT2D eigenvalue weighted by molar-refractivity contribution is 7.08. The van der Waals surface area contributed by atoms with E-state index in [1.807, 2.05) is 21.7 Å². The van der Waals surface area contributed by atoms with Gasteiger partial charge in [0.05, 0.1) is 12.0 Å². The number of rotatable bonds is 3. The molecule has 1 aliphatic heterocycles. The summed E-state index contributed by atoms with van der Waals surface area (Å²) in [6.07, 6.45) is 3.06. The Morgan fingerprint density at radius 3 is 3.00 bits per heavy atom. The Balaban J connectivity index is 1.65. The lowest BCUT2D eigenvalue weighted by atomic mass is 10.2. The molecule has 0 atom stereocenters. The maximum absolute atomic E-state index is 12.4. The fourth-order valence-electron chi connectivity index (χ4n) is 2.79. The third-order valence-electron chi connectivity index (χ3n) is 3.99. The summed E-state index contributed by atoms with van der Waals surface area (Å²) in [5.41, 5.74) is 1.67. The predicted octanol–water partition coefficient (Wildman–Crippen LogP) is 2.30. The second-order valence-electron chi connectivity index (χ2n) is 5.52. The van der Waals surface area contributed by atoms with E-state index in [0.29, 0.717) is 25.1 Å². The van der Waals surface area contributed by atoms with Crippen LogP contribution in [0.25, 0.3) is 0 Å². The third kappa shape index (κ3) is 3.69. The van der Waals surface area contributed by atoms with Crippen molar-refractivity contribution in [3.8, 4) is 6.07 Å². The van der Waals surface area contributed by atoms with E-state index in [9.17, 15) is 10.1 Å². The summed E-state index contributed by atoms with van der Waals surface area (Å²) >= 11 is 1.62. The number of carbonyl (C=O) groups is 1. The highest BCUT2D eigenvalue weighted by Gasteiger charge is 2.21. The van der Waals surface area contributed by atoms with Crippen molar-refractivity contribution in [3.05, 3.63) is 46.3 Å². The minimum atomic E-state index is 0.173. The molecule has 0 spiro atoms. The highest BCUT2D eigenvalue weighted by atomic mass is 32.1. The van der Waals surface area contributed by atoms with Crippen LogP contribution in [-0.4, -0.2) is 42.0 Å². The van der Waals surface area contributed by atoms with Gasteiger partial charge in [-0.25, -0.2) is 4.98 Å². The van der Waals surface area contributed by atoms with Gasteiger partial charge in [-0.3, -0.25) is 4.79 Å². The number of aromatic nitrogens is 1. The molecular weight excluding hydrogens is 308 g/mol. The van der Waals surface area contributed by atoms with Crippen molar-refractivity contribution in [2.24, 2.45) is 0 Å². The largest absolute Gasteiger partial charge is 0.354 e. The third-order valence-corrected chi connectivity index (χ3v) is 4.72. The zero-order chi connectivity index (χ0) is 16.1. The number of hydrogen-bond acceptors (Lipinski definition) is 5. The number of nitriles is 1. The molecule has 0 radical (unpaired) electrons. The Bertz CT molecular complexity index is 708. The van der Waals surface area contributed by atoms with E-state index in [4.69, 9.17) is 0 Å². The molecule has 0 unspecified atom stereocenters. The van der Waals surface area contributed by atoms with E-state index in [-0.39, 0.29) is 5.91 Å². The highest BCUT2D eigenvalue weighted by Crippen LogP contribution is 2.18. The molecule has 0 saturated carbocycles. The van der Waals surface area contributed by atoms with E-state index in [1.54, 1.807) is 29.7 Å². The molecule has 6 heteroatoms. The van der Waals surface area contributed by atoms with E-state index in [1.165, 1.54) is 0 Å². The molecule has 3 heterocycles. The molecule has 2 aromatic rings. The van der Waals surface area contributed by atoms with Crippen molar-refractivity contribution in [3.63, 3.8) is 0 Å². The smallest absolute Gasteiger partial charge is 0.227 e. The SMILES string of the molecule is N#Cc1cccnc1N1CCCN(C(=O)Cc2ccsc2)CC1. The number of amides is 1. The van der Waals surface area contributed by atoms with Gasteiger partial charge in [-0.05, 0) is 40.9 Å². The first-order valence-corrected chi connectivity index (χ1v) is 8.61. The minimum absolute atomic E-state index is 0.173. The number of nitrogens with zero attached hydrogens (tertiary/aromatic N) is 4. The predicted molar refractivity (Wildman–Crippen MR) is 90.4 cm³/mol. The maximum atomic E-state index is 12.4. The zero-order valence-electron chi connectivity index (χ0n) is 12.8. The molecule has 3 rings (SSSR count). The molecular formula is C17H18N4OS. The molecule has 1 fully saturated rings. The van der Waals surface area contributed by atoms with Gasteiger partial charge in [0.25, 0.3) is 0 Å². The van der Waals surface area contributed by atoms with Crippen molar-refractivity contribution in [1.82, 2.24) is 9.88 Å². The van der Waals surface area contributed by atoms with Crippen LogP contribution < -0.4 is 4.90 Å². The van der Waals surface area contributed by atoms with Gasteiger partial charge >= 0.3 is 0 Å². The number of thiophene rings is 1. The summed E-state index contributed by atoms with van der Waals surface area (Å²) in [5, 5.41) is 13.2. The topological polar surface area (TPSA) is 60.2 Å². The van der Waals surface area contributed by atoms with Crippen LogP contribution in [0.2, 0.25) is 0 Å². The summed E-state index contributed by atoms with van der Waals surface area (Å²) in [6, 6.07) is 7.75. The van der Waals surface area contributed by atoms with Crippen LogP contribution in [0.1, 0.15) is 17.5 Å². The Hall–Kier alpha value is -2.39. The molecule has 1 aliphatic rings. The number of anilines is 1. The van der Waals surface area contributed by atoms with Crippen molar-refractivity contribution in [2.75, 3.05) is 31.1 Å². The second-order valence-corrected chi connectivity index (χ2v) is 6.30. The van der Waals surface area contributed by atoms with Crippen molar-refractivity contribution in [1.29, 1.82) is 5.26 Å². The first-order valence-electron chi connectivity index (χ1n) is 7.67. The van der Waals surface area contributed by atoms with Gasteiger partial charge in [-0.2, -0.15) is 16.6 Å². The fourth-order valence-corrected chi connectivity index (χ4v) is 3.46. The molecule has 1 amide bonds. The maximum Gasteiger partial charge on any atom is 0.227 e. The van der Waals surface area contributed by atoms with Crippen LogP contribution in [0.4, 0.5) is 5.82 Å². The van der Waals surface area contributed by atoms with E-state index in [0.717, 1.165) is 30.9 Å². The Labute approximate surface area is 139 Å². The summed E-state index contributed by atoms with van der Waals surface area (Å²) in [4.78, 5) is 20.8. The van der Waals surface area contributed by atoms with Crippen LogP contribution in [0.5, 0.6) is 0 Å².